The normalized spacial score (nSPS) is 12.8. The Balaban J connectivity index is 2.78. The van der Waals surface area contributed by atoms with Crippen molar-refractivity contribution in [2.75, 3.05) is 26.6 Å². The molecule has 0 radical (unpaired) electrons. The molecule has 0 fully saturated rings. The van der Waals surface area contributed by atoms with E-state index >= 15 is 0 Å². The molecule has 0 saturated carbocycles. The van der Waals surface area contributed by atoms with E-state index in [9.17, 15) is 0 Å². The largest absolute Gasteiger partial charge is 0.399 e. The predicted molar refractivity (Wildman–Crippen MR) is 52.5 cm³/mol. The van der Waals surface area contributed by atoms with Crippen LogP contribution in [0.25, 0.3) is 0 Å². The zero-order chi connectivity index (χ0) is 9.68. The maximum absolute atomic E-state index is 5.65. The van der Waals surface area contributed by atoms with Crippen molar-refractivity contribution < 1.29 is 9.47 Å². The number of rotatable bonds is 4. The lowest BCUT2D eigenvalue weighted by molar-refractivity contribution is 0.0275. The fourth-order valence-corrected chi connectivity index (χ4v) is 1.21. The predicted octanol–water partition coefficient (Wildman–Crippen LogP) is 1.60. The quantitative estimate of drug-likeness (QED) is 0.717. The first kappa shape index (κ1) is 10.0. The monoisotopic (exact) mass is 181 g/mol. The zero-order valence-corrected chi connectivity index (χ0v) is 7.99. The Kier molecular flexibility index (Phi) is 3.73. The van der Waals surface area contributed by atoms with Gasteiger partial charge in [0.2, 0.25) is 0 Å². The summed E-state index contributed by atoms with van der Waals surface area (Å²) in [7, 11) is 3.31. The Morgan fingerprint density at radius 3 is 2.69 bits per heavy atom. The molecule has 0 aliphatic heterocycles. The van der Waals surface area contributed by atoms with Crippen molar-refractivity contribution in [2.45, 2.75) is 6.10 Å². The van der Waals surface area contributed by atoms with Crippen LogP contribution >= 0.6 is 0 Å². The van der Waals surface area contributed by atoms with Crippen molar-refractivity contribution >= 4 is 5.69 Å². The van der Waals surface area contributed by atoms with Gasteiger partial charge in [-0.1, -0.05) is 12.1 Å². The third-order valence-corrected chi connectivity index (χ3v) is 1.89. The van der Waals surface area contributed by atoms with Crippen molar-refractivity contribution in [3.05, 3.63) is 29.8 Å². The molecule has 13 heavy (non-hydrogen) atoms. The topological polar surface area (TPSA) is 44.5 Å². The Bertz CT molecular complexity index is 263. The van der Waals surface area contributed by atoms with Crippen LogP contribution in [0.15, 0.2) is 24.3 Å². The molecule has 0 aromatic heterocycles. The molecule has 1 atom stereocenters. The second kappa shape index (κ2) is 4.84. The molecule has 0 aliphatic rings. The highest BCUT2D eigenvalue weighted by molar-refractivity contribution is 5.41. The smallest absolute Gasteiger partial charge is 0.105 e. The molecule has 0 bridgehead atoms. The summed E-state index contributed by atoms with van der Waals surface area (Å²) >= 11 is 0. The van der Waals surface area contributed by atoms with Gasteiger partial charge in [-0.25, -0.2) is 0 Å². The molecule has 1 aromatic rings. The van der Waals surface area contributed by atoms with E-state index in [0.29, 0.717) is 6.61 Å². The zero-order valence-electron chi connectivity index (χ0n) is 7.99. The summed E-state index contributed by atoms with van der Waals surface area (Å²) in [6.07, 6.45) is -0.0338. The summed E-state index contributed by atoms with van der Waals surface area (Å²) in [4.78, 5) is 0. The van der Waals surface area contributed by atoms with Crippen molar-refractivity contribution in [3.63, 3.8) is 0 Å². The molecule has 1 unspecified atom stereocenters. The third-order valence-electron chi connectivity index (χ3n) is 1.89. The minimum absolute atomic E-state index is 0.0338. The number of anilines is 1. The number of ether oxygens (including phenoxy) is 2. The van der Waals surface area contributed by atoms with E-state index in [4.69, 9.17) is 15.2 Å². The lowest BCUT2D eigenvalue weighted by Crippen LogP contribution is -2.08. The second-order valence-corrected chi connectivity index (χ2v) is 2.85. The summed E-state index contributed by atoms with van der Waals surface area (Å²) in [6, 6.07) is 7.63. The van der Waals surface area contributed by atoms with Gasteiger partial charge in [0.15, 0.2) is 0 Å². The minimum Gasteiger partial charge on any atom is -0.399 e. The fourth-order valence-electron chi connectivity index (χ4n) is 1.21. The Labute approximate surface area is 78.5 Å². The van der Waals surface area contributed by atoms with Gasteiger partial charge in [-0.2, -0.15) is 0 Å². The minimum atomic E-state index is -0.0338. The molecular weight excluding hydrogens is 166 g/mol. The third kappa shape index (κ3) is 2.72. The molecule has 0 heterocycles. The van der Waals surface area contributed by atoms with Crippen molar-refractivity contribution in [1.29, 1.82) is 0 Å². The molecule has 1 aromatic carbocycles. The number of methoxy groups -OCH3 is 2. The molecule has 0 saturated heterocycles. The molecule has 0 amide bonds. The lowest BCUT2D eigenvalue weighted by atomic mass is 10.1. The Hall–Kier alpha value is -1.06. The molecule has 2 N–H and O–H groups in total. The van der Waals surface area contributed by atoms with Gasteiger partial charge in [0.25, 0.3) is 0 Å². The molecule has 3 nitrogen and oxygen atoms in total. The fraction of sp³-hybridized carbons (Fsp3) is 0.400. The number of benzene rings is 1. The van der Waals surface area contributed by atoms with Gasteiger partial charge in [-0.3, -0.25) is 0 Å². The SMILES string of the molecule is COCC(OC)c1cccc(N)c1. The van der Waals surface area contributed by atoms with Crippen LogP contribution < -0.4 is 5.73 Å². The highest BCUT2D eigenvalue weighted by atomic mass is 16.5. The van der Waals surface area contributed by atoms with Crippen LogP contribution in [-0.4, -0.2) is 20.8 Å². The lowest BCUT2D eigenvalue weighted by Gasteiger charge is -2.14. The van der Waals surface area contributed by atoms with Crippen molar-refractivity contribution in [3.8, 4) is 0 Å². The van der Waals surface area contributed by atoms with Gasteiger partial charge in [0.05, 0.1) is 6.61 Å². The highest BCUT2D eigenvalue weighted by Crippen LogP contribution is 2.18. The van der Waals surface area contributed by atoms with Crippen molar-refractivity contribution in [1.82, 2.24) is 0 Å². The summed E-state index contributed by atoms with van der Waals surface area (Å²) in [5, 5.41) is 0. The van der Waals surface area contributed by atoms with Crippen molar-refractivity contribution in [2.24, 2.45) is 0 Å². The summed E-state index contributed by atoms with van der Waals surface area (Å²) in [5.74, 6) is 0. The molecule has 0 spiro atoms. The highest BCUT2D eigenvalue weighted by Gasteiger charge is 2.09. The van der Waals surface area contributed by atoms with Crippen LogP contribution in [0, 0.1) is 0 Å². The second-order valence-electron chi connectivity index (χ2n) is 2.85. The first-order valence-corrected chi connectivity index (χ1v) is 4.15. The van der Waals surface area contributed by atoms with E-state index in [1.807, 2.05) is 24.3 Å². The van der Waals surface area contributed by atoms with E-state index in [1.54, 1.807) is 14.2 Å². The first-order chi connectivity index (χ1) is 6.27. The van der Waals surface area contributed by atoms with Crippen LogP contribution in [0.3, 0.4) is 0 Å². The molecule has 72 valence electrons. The maximum atomic E-state index is 5.65. The van der Waals surface area contributed by atoms with Crippen LogP contribution in [0.1, 0.15) is 11.7 Å². The number of hydrogen-bond acceptors (Lipinski definition) is 3. The van der Waals surface area contributed by atoms with E-state index in [2.05, 4.69) is 0 Å². The van der Waals surface area contributed by atoms with E-state index in [-0.39, 0.29) is 6.10 Å². The van der Waals surface area contributed by atoms with Gasteiger partial charge in [0, 0.05) is 19.9 Å². The Morgan fingerprint density at radius 2 is 2.15 bits per heavy atom. The molecular formula is C10H15NO2. The summed E-state index contributed by atoms with van der Waals surface area (Å²) < 4.78 is 10.3. The van der Waals surface area contributed by atoms with Gasteiger partial charge in [-0.15, -0.1) is 0 Å². The maximum Gasteiger partial charge on any atom is 0.105 e. The van der Waals surface area contributed by atoms with E-state index in [0.717, 1.165) is 11.3 Å². The van der Waals surface area contributed by atoms with Crippen LogP contribution in [-0.2, 0) is 9.47 Å². The summed E-state index contributed by atoms with van der Waals surface area (Å²) in [6.45, 7) is 0.542. The Morgan fingerprint density at radius 1 is 1.38 bits per heavy atom. The van der Waals surface area contributed by atoms with E-state index < -0.39 is 0 Å². The number of nitrogen functional groups attached to an aromatic ring is 1. The van der Waals surface area contributed by atoms with Gasteiger partial charge >= 0.3 is 0 Å². The number of nitrogens with two attached hydrogens (primary N) is 1. The molecule has 3 heteroatoms. The van der Waals surface area contributed by atoms with Gasteiger partial charge < -0.3 is 15.2 Å². The molecule has 1 rings (SSSR count). The van der Waals surface area contributed by atoms with Crippen LogP contribution in [0.4, 0.5) is 5.69 Å². The average molecular weight is 181 g/mol. The standard InChI is InChI=1S/C10H15NO2/c1-12-7-10(13-2)8-4-3-5-9(11)6-8/h3-6,10H,7,11H2,1-2H3. The number of hydrogen-bond donors (Lipinski definition) is 1. The van der Waals surface area contributed by atoms with Crippen LogP contribution in [0.2, 0.25) is 0 Å². The van der Waals surface area contributed by atoms with E-state index in [1.165, 1.54) is 0 Å². The average Bonchev–Trinajstić information content (AvgIpc) is 2.14. The molecule has 0 aliphatic carbocycles. The van der Waals surface area contributed by atoms with Gasteiger partial charge in [-0.05, 0) is 17.7 Å². The first-order valence-electron chi connectivity index (χ1n) is 4.15. The summed E-state index contributed by atoms with van der Waals surface area (Å²) in [5.41, 5.74) is 7.44. The van der Waals surface area contributed by atoms with Crippen LogP contribution in [0.5, 0.6) is 0 Å². The van der Waals surface area contributed by atoms with Gasteiger partial charge in [0.1, 0.15) is 6.10 Å².